The van der Waals surface area contributed by atoms with Gasteiger partial charge in [-0.3, -0.25) is 14.4 Å². The van der Waals surface area contributed by atoms with Gasteiger partial charge in [-0.05, 0) is 40.8 Å². The lowest BCUT2D eigenvalue weighted by Gasteiger charge is -2.40. The SMILES string of the molecule is COCCN(C(=O)COC)[C@@H]1CC(C(=O)NCCO)=C[C@H](Oc2c(I)cc(C=O)cc2OC)[C@H]1O. The molecule has 0 spiro atoms. The smallest absolute Gasteiger partial charge is 0.248 e. The number of aldehydes is 1. The Kier molecular flexibility index (Phi) is 11.9. The molecule has 0 aromatic heterocycles. The van der Waals surface area contributed by atoms with Crippen LogP contribution < -0.4 is 14.8 Å². The van der Waals surface area contributed by atoms with Crippen molar-refractivity contribution in [3.8, 4) is 11.5 Å². The summed E-state index contributed by atoms with van der Waals surface area (Å²) >= 11 is 1.99. The van der Waals surface area contributed by atoms with Gasteiger partial charge < -0.3 is 39.4 Å². The molecule has 0 saturated carbocycles. The number of nitrogens with one attached hydrogen (secondary N) is 1. The first-order chi connectivity index (χ1) is 16.8. The lowest BCUT2D eigenvalue weighted by atomic mass is 9.88. The number of hydrogen-bond donors (Lipinski definition) is 3. The third kappa shape index (κ3) is 7.61. The molecule has 1 aliphatic rings. The van der Waals surface area contributed by atoms with Gasteiger partial charge in [-0.25, -0.2) is 0 Å². The van der Waals surface area contributed by atoms with E-state index in [1.54, 1.807) is 6.07 Å². The second-order valence-electron chi connectivity index (χ2n) is 7.68. The highest BCUT2D eigenvalue weighted by Gasteiger charge is 2.40. The zero-order valence-corrected chi connectivity index (χ0v) is 22.0. The van der Waals surface area contributed by atoms with Gasteiger partial charge in [0.15, 0.2) is 11.5 Å². The van der Waals surface area contributed by atoms with Crippen molar-refractivity contribution in [3.63, 3.8) is 0 Å². The normalized spacial score (nSPS) is 19.5. The fourth-order valence-corrected chi connectivity index (χ4v) is 4.46. The van der Waals surface area contributed by atoms with E-state index in [1.165, 1.54) is 38.4 Å². The van der Waals surface area contributed by atoms with Gasteiger partial charge >= 0.3 is 0 Å². The Morgan fingerprint density at radius 3 is 2.60 bits per heavy atom. The molecule has 0 heterocycles. The van der Waals surface area contributed by atoms with Crippen molar-refractivity contribution in [3.05, 3.63) is 32.9 Å². The van der Waals surface area contributed by atoms with E-state index in [-0.39, 0.29) is 62.3 Å². The van der Waals surface area contributed by atoms with Gasteiger partial charge in [0.25, 0.3) is 0 Å². The standard InChI is InChI=1S/C23H31IN2O9/c1-32-7-5-26(20(29)13-33-2)17-10-15(23(31)25-4-6-27)11-18(21(17)30)35-22-16(24)8-14(12-28)9-19(22)34-3/h8-9,11-12,17-18,21,27,30H,4-7,10,13H2,1-3H3,(H,25,31)/t17-,18+,21+/m1/s1. The van der Waals surface area contributed by atoms with Crippen LogP contribution in [-0.2, 0) is 19.1 Å². The minimum absolute atomic E-state index is 0.0454. The number of methoxy groups -OCH3 is 3. The Bertz CT molecular complexity index is 924. The number of halogens is 1. The number of aliphatic hydroxyl groups excluding tert-OH is 2. The Balaban J connectivity index is 2.48. The maximum atomic E-state index is 12.8. The minimum atomic E-state index is -1.21. The largest absolute Gasteiger partial charge is 0.493 e. The molecule has 1 aromatic rings. The lowest BCUT2D eigenvalue weighted by molar-refractivity contribution is -0.143. The quantitative estimate of drug-likeness (QED) is 0.211. The summed E-state index contributed by atoms with van der Waals surface area (Å²) in [6.07, 6.45) is -0.0255. The number of aliphatic hydroxyl groups is 2. The molecule has 0 aliphatic heterocycles. The van der Waals surface area contributed by atoms with Gasteiger partial charge in [0, 0.05) is 44.9 Å². The van der Waals surface area contributed by atoms with Crippen molar-refractivity contribution in [1.29, 1.82) is 0 Å². The molecule has 0 bridgehead atoms. The van der Waals surface area contributed by atoms with Crippen LogP contribution in [0.15, 0.2) is 23.8 Å². The zero-order valence-electron chi connectivity index (χ0n) is 19.9. The Morgan fingerprint density at radius 2 is 2.00 bits per heavy atom. The van der Waals surface area contributed by atoms with Crippen LogP contribution in [0.4, 0.5) is 0 Å². The summed E-state index contributed by atoms with van der Waals surface area (Å²) < 4.78 is 22.2. The summed E-state index contributed by atoms with van der Waals surface area (Å²) in [5.41, 5.74) is 0.668. The van der Waals surface area contributed by atoms with Crippen LogP contribution in [0.2, 0.25) is 0 Å². The van der Waals surface area contributed by atoms with E-state index in [0.29, 0.717) is 15.4 Å². The predicted octanol–water partition coefficient (Wildman–Crippen LogP) is 0.149. The van der Waals surface area contributed by atoms with Crippen molar-refractivity contribution in [2.75, 3.05) is 54.2 Å². The zero-order chi connectivity index (χ0) is 26.0. The average molecular weight is 606 g/mol. The van der Waals surface area contributed by atoms with E-state index in [9.17, 15) is 19.5 Å². The van der Waals surface area contributed by atoms with Gasteiger partial charge in [0.2, 0.25) is 11.8 Å². The van der Waals surface area contributed by atoms with Crippen LogP contribution >= 0.6 is 22.6 Å². The first-order valence-corrected chi connectivity index (χ1v) is 11.9. The van der Waals surface area contributed by atoms with E-state index in [2.05, 4.69) is 5.32 Å². The van der Waals surface area contributed by atoms with Crippen LogP contribution in [0.3, 0.4) is 0 Å². The van der Waals surface area contributed by atoms with E-state index in [4.69, 9.17) is 24.1 Å². The van der Waals surface area contributed by atoms with E-state index >= 15 is 0 Å². The number of carbonyl (C=O) groups is 3. The highest BCUT2D eigenvalue weighted by Crippen LogP contribution is 2.36. The number of ether oxygens (including phenoxy) is 4. The molecular formula is C23H31IN2O9. The Labute approximate surface area is 217 Å². The molecule has 0 fully saturated rings. The van der Waals surface area contributed by atoms with Gasteiger partial charge in [0.05, 0.1) is 29.9 Å². The summed E-state index contributed by atoms with van der Waals surface area (Å²) in [4.78, 5) is 38.2. The third-order valence-corrected chi connectivity index (χ3v) is 6.18. The molecule has 12 heteroatoms. The highest BCUT2D eigenvalue weighted by molar-refractivity contribution is 14.1. The van der Waals surface area contributed by atoms with Gasteiger partial charge in [-0.1, -0.05) is 0 Å². The fraction of sp³-hybridized carbons (Fsp3) is 0.522. The fourth-order valence-electron chi connectivity index (χ4n) is 3.71. The molecule has 0 saturated heterocycles. The van der Waals surface area contributed by atoms with Gasteiger partial charge in [-0.15, -0.1) is 0 Å². The second-order valence-corrected chi connectivity index (χ2v) is 8.84. The molecule has 0 radical (unpaired) electrons. The molecule has 3 atom stereocenters. The van der Waals surface area contributed by atoms with E-state index in [1.807, 2.05) is 22.6 Å². The van der Waals surface area contributed by atoms with Crippen LogP contribution in [0.5, 0.6) is 11.5 Å². The number of benzene rings is 1. The third-order valence-electron chi connectivity index (χ3n) is 5.38. The summed E-state index contributed by atoms with van der Waals surface area (Å²) in [5.74, 6) is -0.276. The molecule has 1 aliphatic carbocycles. The van der Waals surface area contributed by atoms with Crippen LogP contribution in [0.1, 0.15) is 16.8 Å². The number of carbonyl (C=O) groups excluding carboxylic acids is 3. The second kappa shape index (κ2) is 14.3. The first-order valence-electron chi connectivity index (χ1n) is 10.9. The molecule has 35 heavy (non-hydrogen) atoms. The lowest BCUT2D eigenvalue weighted by Crippen LogP contribution is -2.56. The monoisotopic (exact) mass is 606 g/mol. The van der Waals surface area contributed by atoms with Crippen molar-refractivity contribution in [1.82, 2.24) is 10.2 Å². The summed E-state index contributed by atoms with van der Waals surface area (Å²) in [5, 5.41) is 23.0. The Morgan fingerprint density at radius 1 is 1.26 bits per heavy atom. The highest BCUT2D eigenvalue weighted by atomic mass is 127. The van der Waals surface area contributed by atoms with Crippen LogP contribution in [0, 0.1) is 3.57 Å². The van der Waals surface area contributed by atoms with E-state index in [0.717, 1.165) is 0 Å². The van der Waals surface area contributed by atoms with Gasteiger partial charge in [0.1, 0.15) is 25.1 Å². The van der Waals surface area contributed by atoms with Gasteiger partial charge in [-0.2, -0.15) is 0 Å². The summed E-state index contributed by atoms with van der Waals surface area (Å²) in [6, 6.07) is 2.28. The van der Waals surface area contributed by atoms with Crippen molar-refractivity contribution in [2.45, 2.75) is 24.7 Å². The number of rotatable bonds is 13. The molecule has 3 N–H and O–H groups in total. The van der Waals surface area contributed by atoms with Crippen LogP contribution in [-0.4, -0.2) is 106 Å². The number of nitrogens with zero attached hydrogens (tertiary/aromatic N) is 1. The molecule has 1 aromatic carbocycles. The van der Waals surface area contributed by atoms with Crippen molar-refractivity contribution >= 4 is 40.7 Å². The molecule has 2 amide bonds. The minimum Gasteiger partial charge on any atom is -0.493 e. The predicted molar refractivity (Wildman–Crippen MR) is 134 cm³/mol. The van der Waals surface area contributed by atoms with Crippen molar-refractivity contribution in [2.24, 2.45) is 0 Å². The average Bonchev–Trinajstić information content (AvgIpc) is 2.85. The topological polar surface area (TPSA) is 144 Å². The van der Waals surface area contributed by atoms with E-state index < -0.39 is 24.2 Å². The summed E-state index contributed by atoms with van der Waals surface area (Å²) in [6.45, 7) is -0.0426. The van der Waals surface area contributed by atoms with Crippen LogP contribution in [0.25, 0.3) is 0 Å². The molecule has 2 rings (SSSR count). The molecule has 11 nitrogen and oxygen atoms in total. The maximum absolute atomic E-state index is 12.8. The maximum Gasteiger partial charge on any atom is 0.248 e. The summed E-state index contributed by atoms with van der Waals surface area (Å²) in [7, 11) is 4.31. The number of hydrogen-bond acceptors (Lipinski definition) is 9. The first kappa shape index (κ1) is 29.0. The molecule has 194 valence electrons. The Hall–Kier alpha value is -2.26. The molecule has 0 unspecified atom stereocenters. The molecular weight excluding hydrogens is 575 g/mol. The number of amides is 2. The van der Waals surface area contributed by atoms with Crippen molar-refractivity contribution < 1.29 is 43.5 Å².